The minimum absolute atomic E-state index is 0.0296. The van der Waals surface area contributed by atoms with Crippen molar-refractivity contribution < 1.29 is 14.3 Å². The highest BCUT2D eigenvalue weighted by molar-refractivity contribution is 5.94. The van der Waals surface area contributed by atoms with Crippen LogP contribution in [-0.4, -0.2) is 46.2 Å². The van der Waals surface area contributed by atoms with Gasteiger partial charge in [0.05, 0.1) is 0 Å². The molecule has 3 rings (SSSR count). The summed E-state index contributed by atoms with van der Waals surface area (Å²) in [5.74, 6) is 0.247. The third-order valence-corrected chi connectivity index (χ3v) is 5.27. The van der Waals surface area contributed by atoms with Crippen LogP contribution in [0.4, 0.5) is 4.79 Å². The van der Waals surface area contributed by atoms with Crippen molar-refractivity contribution in [3.8, 4) is 11.3 Å². The number of alkyl carbamates (subject to hydrolysis) is 1. The van der Waals surface area contributed by atoms with E-state index in [-0.39, 0.29) is 17.9 Å². The molecular formula is C23H31N3O3. The van der Waals surface area contributed by atoms with Crippen LogP contribution in [0.5, 0.6) is 0 Å². The van der Waals surface area contributed by atoms with Gasteiger partial charge in [0.15, 0.2) is 0 Å². The van der Waals surface area contributed by atoms with E-state index in [0.29, 0.717) is 18.8 Å². The molecule has 1 aliphatic rings. The Balaban J connectivity index is 1.63. The van der Waals surface area contributed by atoms with E-state index in [2.05, 4.69) is 12.2 Å². The van der Waals surface area contributed by atoms with E-state index in [9.17, 15) is 9.59 Å². The Hall–Kier alpha value is -2.76. The summed E-state index contributed by atoms with van der Waals surface area (Å²) in [4.78, 5) is 27.0. The standard InChI is InChI=1S/C23H31N3O3/c1-16-13-17(14-24-22(28)29-23(2,3)4)15-26(16)21(27)20-12-11-19(25(20)5)18-9-7-6-8-10-18/h6-12,16-17H,13-15H2,1-5H3,(H,24,28)/t16-,17-/m1/s1. The van der Waals surface area contributed by atoms with Crippen molar-refractivity contribution in [2.24, 2.45) is 13.0 Å². The fraction of sp³-hybridized carbons (Fsp3) is 0.478. The fourth-order valence-electron chi connectivity index (χ4n) is 3.89. The molecule has 0 bridgehead atoms. The van der Waals surface area contributed by atoms with Gasteiger partial charge in [0, 0.05) is 31.9 Å². The lowest BCUT2D eigenvalue weighted by Gasteiger charge is -2.22. The second-order valence-corrected chi connectivity index (χ2v) is 8.82. The van der Waals surface area contributed by atoms with E-state index in [0.717, 1.165) is 17.7 Å². The van der Waals surface area contributed by atoms with Crippen molar-refractivity contribution in [2.45, 2.75) is 45.8 Å². The van der Waals surface area contributed by atoms with Gasteiger partial charge in [-0.15, -0.1) is 0 Å². The summed E-state index contributed by atoms with van der Waals surface area (Å²) in [7, 11) is 1.93. The first kappa shape index (κ1) is 21.0. The first-order valence-electron chi connectivity index (χ1n) is 10.1. The van der Waals surface area contributed by atoms with E-state index in [1.165, 1.54) is 0 Å². The highest BCUT2D eigenvalue weighted by Crippen LogP contribution is 2.27. The van der Waals surface area contributed by atoms with Crippen molar-refractivity contribution in [3.05, 3.63) is 48.2 Å². The SMILES string of the molecule is C[C@@H]1C[C@H](CNC(=O)OC(C)(C)C)CN1C(=O)c1ccc(-c2ccccc2)n1C. The Morgan fingerprint density at radius 1 is 1.14 bits per heavy atom. The molecule has 2 atom stereocenters. The maximum Gasteiger partial charge on any atom is 0.407 e. The van der Waals surface area contributed by atoms with Gasteiger partial charge in [-0.3, -0.25) is 4.79 Å². The monoisotopic (exact) mass is 397 g/mol. The molecule has 2 heterocycles. The van der Waals surface area contributed by atoms with E-state index in [1.807, 2.05) is 79.8 Å². The molecule has 0 spiro atoms. The Kier molecular flexibility index (Phi) is 6.01. The highest BCUT2D eigenvalue weighted by Gasteiger charge is 2.34. The number of aromatic nitrogens is 1. The number of rotatable bonds is 4. The lowest BCUT2D eigenvalue weighted by atomic mass is 10.1. The molecule has 29 heavy (non-hydrogen) atoms. The molecule has 0 unspecified atom stereocenters. The maximum atomic E-state index is 13.2. The molecule has 0 aliphatic carbocycles. The number of carbonyl (C=O) groups is 2. The smallest absolute Gasteiger partial charge is 0.407 e. The van der Waals surface area contributed by atoms with E-state index in [4.69, 9.17) is 4.74 Å². The minimum atomic E-state index is -0.516. The molecule has 2 amide bonds. The van der Waals surface area contributed by atoms with E-state index in [1.54, 1.807) is 0 Å². The number of nitrogens with one attached hydrogen (secondary N) is 1. The third kappa shape index (κ3) is 5.00. The fourth-order valence-corrected chi connectivity index (χ4v) is 3.89. The molecule has 1 fully saturated rings. The van der Waals surface area contributed by atoms with Gasteiger partial charge in [0.25, 0.3) is 5.91 Å². The number of ether oxygens (including phenoxy) is 1. The number of likely N-dealkylation sites (tertiary alicyclic amines) is 1. The van der Waals surface area contributed by atoms with Crippen molar-refractivity contribution in [1.29, 1.82) is 0 Å². The number of benzene rings is 1. The molecular weight excluding hydrogens is 366 g/mol. The Morgan fingerprint density at radius 3 is 2.48 bits per heavy atom. The van der Waals surface area contributed by atoms with Crippen molar-refractivity contribution >= 4 is 12.0 Å². The zero-order chi connectivity index (χ0) is 21.2. The number of nitrogens with zero attached hydrogens (tertiary/aromatic N) is 2. The topological polar surface area (TPSA) is 63.6 Å². The molecule has 1 N–H and O–H groups in total. The van der Waals surface area contributed by atoms with Crippen LogP contribution in [0, 0.1) is 5.92 Å². The molecule has 1 aromatic carbocycles. The largest absolute Gasteiger partial charge is 0.444 e. The van der Waals surface area contributed by atoms with Crippen LogP contribution >= 0.6 is 0 Å². The zero-order valence-electron chi connectivity index (χ0n) is 17.9. The van der Waals surface area contributed by atoms with Gasteiger partial charge in [0.2, 0.25) is 0 Å². The molecule has 0 saturated carbocycles. The van der Waals surface area contributed by atoms with Crippen LogP contribution in [0.2, 0.25) is 0 Å². The lowest BCUT2D eigenvalue weighted by molar-refractivity contribution is 0.0520. The highest BCUT2D eigenvalue weighted by atomic mass is 16.6. The van der Waals surface area contributed by atoms with E-state index >= 15 is 0 Å². The number of carbonyl (C=O) groups excluding carboxylic acids is 2. The minimum Gasteiger partial charge on any atom is -0.444 e. The van der Waals surface area contributed by atoms with Gasteiger partial charge < -0.3 is 19.5 Å². The molecule has 6 nitrogen and oxygen atoms in total. The van der Waals surface area contributed by atoms with Crippen molar-refractivity contribution in [3.63, 3.8) is 0 Å². The van der Waals surface area contributed by atoms with Gasteiger partial charge >= 0.3 is 6.09 Å². The first-order chi connectivity index (χ1) is 13.7. The zero-order valence-corrected chi connectivity index (χ0v) is 17.9. The average Bonchev–Trinajstić information content (AvgIpc) is 3.21. The van der Waals surface area contributed by atoms with Gasteiger partial charge in [0.1, 0.15) is 11.3 Å². The number of hydrogen-bond donors (Lipinski definition) is 1. The number of amides is 2. The summed E-state index contributed by atoms with van der Waals surface area (Å²) in [5.41, 5.74) is 2.27. The van der Waals surface area contributed by atoms with Gasteiger partial charge in [-0.1, -0.05) is 30.3 Å². The van der Waals surface area contributed by atoms with E-state index < -0.39 is 11.7 Å². The Labute approximate surface area is 172 Å². The van der Waals surface area contributed by atoms with Crippen LogP contribution in [0.25, 0.3) is 11.3 Å². The predicted molar refractivity (Wildman–Crippen MR) is 114 cm³/mol. The second kappa shape index (κ2) is 8.31. The average molecular weight is 398 g/mol. The summed E-state index contributed by atoms with van der Waals surface area (Å²) in [5, 5.41) is 2.83. The molecule has 156 valence electrons. The van der Waals surface area contributed by atoms with Crippen LogP contribution in [0.15, 0.2) is 42.5 Å². The summed E-state index contributed by atoms with van der Waals surface area (Å²) in [6.45, 7) is 8.72. The molecule has 2 aromatic rings. The number of hydrogen-bond acceptors (Lipinski definition) is 3. The van der Waals surface area contributed by atoms with Crippen LogP contribution in [0.3, 0.4) is 0 Å². The van der Waals surface area contributed by atoms with Gasteiger partial charge in [-0.2, -0.15) is 0 Å². The summed E-state index contributed by atoms with van der Waals surface area (Å²) < 4.78 is 7.25. The van der Waals surface area contributed by atoms with Crippen LogP contribution in [0.1, 0.15) is 44.6 Å². The molecule has 6 heteroatoms. The predicted octanol–water partition coefficient (Wildman–Crippen LogP) is 4.07. The molecule has 1 saturated heterocycles. The molecule has 1 aliphatic heterocycles. The van der Waals surface area contributed by atoms with Crippen LogP contribution < -0.4 is 5.32 Å². The summed E-state index contributed by atoms with van der Waals surface area (Å²) in [6, 6.07) is 14.1. The maximum absolute atomic E-state index is 13.2. The first-order valence-corrected chi connectivity index (χ1v) is 10.1. The Bertz CT molecular complexity index is 867. The van der Waals surface area contributed by atoms with Crippen molar-refractivity contribution in [1.82, 2.24) is 14.8 Å². The van der Waals surface area contributed by atoms with Crippen molar-refractivity contribution in [2.75, 3.05) is 13.1 Å². The second-order valence-electron chi connectivity index (χ2n) is 8.82. The Morgan fingerprint density at radius 2 is 1.83 bits per heavy atom. The third-order valence-electron chi connectivity index (χ3n) is 5.27. The summed E-state index contributed by atoms with van der Waals surface area (Å²) >= 11 is 0. The molecule has 0 radical (unpaired) electrons. The van der Waals surface area contributed by atoms with Gasteiger partial charge in [-0.05, 0) is 57.7 Å². The quantitative estimate of drug-likeness (QED) is 0.846. The van der Waals surface area contributed by atoms with Crippen LogP contribution in [-0.2, 0) is 11.8 Å². The normalized spacial score (nSPS) is 19.3. The lowest BCUT2D eigenvalue weighted by Crippen LogP contribution is -2.37. The van der Waals surface area contributed by atoms with Gasteiger partial charge in [-0.25, -0.2) is 4.79 Å². The molecule has 1 aromatic heterocycles. The summed E-state index contributed by atoms with van der Waals surface area (Å²) in [6.07, 6.45) is 0.446.